The fourth-order valence-electron chi connectivity index (χ4n) is 1.74. The molecule has 2 amide bonds. The highest BCUT2D eigenvalue weighted by Crippen LogP contribution is 2.17. The monoisotopic (exact) mass is 342 g/mol. The summed E-state index contributed by atoms with van der Waals surface area (Å²) < 4.78 is 0. The Labute approximate surface area is 136 Å². The van der Waals surface area contributed by atoms with Crippen LogP contribution in [-0.4, -0.2) is 57.8 Å². The van der Waals surface area contributed by atoms with Crippen molar-refractivity contribution in [3.8, 4) is 5.75 Å². The number of hydrogen-bond acceptors (Lipinski definition) is 6. The fraction of sp³-hybridized carbons (Fsp3) is 0.357. The number of aliphatic hydroxyl groups is 1. The van der Waals surface area contributed by atoms with Crippen molar-refractivity contribution in [2.75, 3.05) is 19.4 Å². The maximum atomic E-state index is 12.3. The Balaban J connectivity index is 2.86. The van der Waals surface area contributed by atoms with Crippen LogP contribution in [0.4, 0.5) is 0 Å². The first-order valence-corrected chi connectivity index (χ1v) is 7.90. The van der Waals surface area contributed by atoms with Gasteiger partial charge in [0.25, 0.3) is 0 Å². The van der Waals surface area contributed by atoms with Crippen LogP contribution >= 0.6 is 11.8 Å². The number of nitrogens with one attached hydrogen (secondary N) is 2. The molecule has 0 aliphatic carbocycles. The van der Waals surface area contributed by atoms with Gasteiger partial charge in [0.05, 0.1) is 0 Å². The van der Waals surface area contributed by atoms with Gasteiger partial charge in [-0.25, -0.2) is 0 Å². The Morgan fingerprint density at radius 1 is 1.22 bits per heavy atom. The van der Waals surface area contributed by atoms with Gasteiger partial charge < -0.3 is 26.0 Å². The van der Waals surface area contributed by atoms with Crippen molar-refractivity contribution in [3.63, 3.8) is 0 Å². The van der Waals surface area contributed by atoms with Crippen LogP contribution in [0.1, 0.15) is 11.6 Å². The number of rotatable bonds is 8. The summed E-state index contributed by atoms with van der Waals surface area (Å²) in [5.41, 5.74) is 0.387. The molecule has 0 radical (unpaired) electrons. The van der Waals surface area contributed by atoms with Crippen LogP contribution in [-0.2, 0) is 14.4 Å². The van der Waals surface area contributed by atoms with E-state index in [0.717, 1.165) is 11.8 Å². The number of hydrogen-bond donors (Lipinski definition) is 5. The second kappa shape index (κ2) is 9.01. The van der Waals surface area contributed by atoms with Crippen molar-refractivity contribution in [2.24, 2.45) is 0 Å². The number of phenols is 1. The smallest absolute Gasteiger partial charge is 0.318 e. The molecular weight excluding hydrogens is 324 g/mol. The molecule has 1 aromatic carbocycles. The molecule has 2 atom stereocenters. The number of carboxylic acid groups (broad SMARTS) is 1. The molecule has 9 heteroatoms. The van der Waals surface area contributed by atoms with Gasteiger partial charge in [0.15, 0.2) is 0 Å². The normalized spacial score (nSPS) is 13.0. The van der Waals surface area contributed by atoms with Crippen LogP contribution in [0.5, 0.6) is 5.75 Å². The zero-order valence-electron chi connectivity index (χ0n) is 12.4. The SMILES string of the molecule is CS[C@H](CNC(=O)[C@H](NC(=O)CO)c1ccc(O)cc1)C(=O)O. The van der Waals surface area contributed by atoms with Crippen LogP contribution in [0.3, 0.4) is 0 Å². The quantitative estimate of drug-likeness (QED) is 0.428. The molecule has 0 bridgehead atoms. The lowest BCUT2D eigenvalue weighted by Gasteiger charge is -2.19. The molecule has 8 nitrogen and oxygen atoms in total. The van der Waals surface area contributed by atoms with E-state index in [2.05, 4.69) is 10.6 Å². The maximum Gasteiger partial charge on any atom is 0.318 e. The molecule has 126 valence electrons. The first-order chi connectivity index (χ1) is 10.9. The lowest BCUT2D eigenvalue weighted by Crippen LogP contribution is -2.44. The van der Waals surface area contributed by atoms with Gasteiger partial charge in [-0.2, -0.15) is 0 Å². The minimum absolute atomic E-state index is 0.00489. The molecule has 0 saturated carbocycles. The average molecular weight is 342 g/mol. The Hall–Kier alpha value is -2.26. The second-order valence-electron chi connectivity index (χ2n) is 4.56. The summed E-state index contributed by atoms with van der Waals surface area (Å²) in [5.74, 6) is -2.43. The van der Waals surface area contributed by atoms with Crippen molar-refractivity contribution in [2.45, 2.75) is 11.3 Å². The van der Waals surface area contributed by atoms with Gasteiger partial charge in [0, 0.05) is 6.54 Å². The Morgan fingerprint density at radius 2 is 1.83 bits per heavy atom. The van der Waals surface area contributed by atoms with E-state index in [1.807, 2.05) is 0 Å². The molecule has 5 N–H and O–H groups in total. The highest BCUT2D eigenvalue weighted by molar-refractivity contribution is 7.99. The zero-order valence-corrected chi connectivity index (χ0v) is 13.2. The average Bonchev–Trinajstić information content (AvgIpc) is 2.53. The second-order valence-corrected chi connectivity index (χ2v) is 5.60. The molecular formula is C14H18N2O6S. The van der Waals surface area contributed by atoms with Gasteiger partial charge in [-0.1, -0.05) is 12.1 Å². The van der Waals surface area contributed by atoms with E-state index in [4.69, 9.17) is 10.2 Å². The largest absolute Gasteiger partial charge is 0.508 e. The number of aliphatic carboxylic acids is 1. The van der Waals surface area contributed by atoms with Gasteiger partial charge >= 0.3 is 5.97 Å². The predicted molar refractivity (Wildman–Crippen MR) is 84.0 cm³/mol. The lowest BCUT2D eigenvalue weighted by atomic mass is 10.1. The van der Waals surface area contributed by atoms with Crippen LogP contribution in [0, 0.1) is 0 Å². The molecule has 1 aromatic rings. The van der Waals surface area contributed by atoms with E-state index in [0.29, 0.717) is 5.56 Å². The van der Waals surface area contributed by atoms with E-state index >= 15 is 0 Å². The van der Waals surface area contributed by atoms with Gasteiger partial charge in [-0.15, -0.1) is 11.8 Å². The molecule has 0 aromatic heterocycles. The van der Waals surface area contributed by atoms with E-state index in [1.54, 1.807) is 6.26 Å². The summed E-state index contributed by atoms with van der Waals surface area (Å²) in [4.78, 5) is 34.6. The van der Waals surface area contributed by atoms with Crippen LogP contribution in [0.2, 0.25) is 0 Å². The fourth-order valence-corrected chi connectivity index (χ4v) is 2.19. The van der Waals surface area contributed by atoms with Crippen LogP contribution in [0.15, 0.2) is 24.3 Å². The van der Waals surface area contributed by atoms with Gasteiger partial charge in [0.2, 0.25) is 11.8 Å². The first kappa shape index (κ1) is 18.8. The number of phenolic OH excluding ortho intramolecular Hbond substituents is 1. The summed E-state index contributed by atoms with van der Waals surface area (Å²) >= 11 is 1.07. The maximum absolute atomic E-state index is 12.3. The van der Waals surface area contributed by atoms with E-state index in [1.165, 1.54) is 24.3 Å². The summed E-state index contributed by atoms with van der Waals surface area (Å²) in [6.45, 7) is -0.899. The van der Waals surface area contributed by atoms with Crippen LogP contribution in [0.25, 0.3) is 0 Å². The minimum atomic E-state index is -1.11. The standard InChI is InChI=1S/C14H18N2O6S/c1-23-10(14(21)22)6-15-13(20)12(16-11(19)7-17)8-2-4-9(18)5-3-8/h2-5,10,12,17-18H,6-7H2,1H3,(H,15,20)(H,16,19)(H,21,22)/t10-,12-/m1/s1. The van der Waals surface area contributed by atoms with Crippen molar-refractivity contribution >= 4 is 29.5 Å². The number of carboxylic acids is 1. The molecule has 0 aliphatic heterocycles. The zero-order chi connectivity index (χ0) is 17.4. The summed E-state index contributed by atoms with van der Waals surface area (Å²) in [6, 6.07) is 4.48. The summed E-state index contributed by atoms with van der Waals surface area (Å²) in [6.07, 6.45) is 1.61. The van der Waals surface area contributed by atoms with Gasteiger partial charge in [-0.05, 0) is 24.0 Å². The van der Waals surface area contributed by atoms with Crippen molar-refractivity contribution < 1.29 is 29.7 Å². The van der Waals surface area contributed by atoms with Gasteiger partial charge in [0.1, 0.15) is 23.6 Å². The Morgan fingerprint density at radius 3 is 2.30 bits per heavy atom. The highest BCUT2D eigenvalue weighted by Gasteiger charge is 2.24. The Kier molecular flexibility index (Phi) is 7.36. The minimum Gasteiger partial charge on any atom is -0.508 e. The number of carbonyl (C=O) groups excluding carboxylic acids is 2. The molecule has 23 heavy (non-hydrogen) atoms. The topological polar surface area (TPSA) is 136 Å². The number of thioether (sulfide) groups is 1. The molecule has 0 unspecified atom stereocenters. The molecule has 1 rings (SSSR count). The van der Waals surface area contributed by atoms with E-state index in [9.17, 15) is 19.5 Å². The van der Waals surface area contributed by atoms with Gasteiger partial charge in [-0.3, -0.25) is 14.4 Å². The van der Waals surface area contributed by atoms with Crippen molar-refractivity contribution in [3.05, 3.63) is 29.8 Å². The molecule has 0 aliphatic rings. The molecule has 0 fully saturated rings. The van der Waals surface area contributed by atoms with E-state index in [-0.39, 0.29) is 12.3 Å². The molecule has 0 heterocycles. The Bertz CT molecular complexity index is 563. The summed E-state index contributed by atoms with van der Waals surface area (Å²) in [5, 5.41) is 31.0. The molecule has 0 spiro atoms. The number of benzene rings is 1. The number of aromatic hydroxyl groups is 1. The number of carbonyl (C=O) groups is 3. The summed E-state index contributed by atoms with van der Waals surface area (Å²) in [7, 11) is 0. The van der Waals surface area contributed by atoms with Crippen molar-refractivity contribution in [1.29, 1.82) is 0 Å². The third-order valence-electron chi connectivity index (χ3n) is 2.96. The molecule has 0 saturated heterocycles. The third-order valence-corrected chi connectivity index (χ3v) is 3.90. The predicted octanol–water partition coefficient (Wildman–Crippen LogP) is -0.526. The highest BCUT2D eigenvalue weighted by atomic mass is 32.2. The third kappa shape index (κ3) is 5.80. The van der Waals surface area contributed by atoms with Crippen molar-refractivity contribution in [1.82, 2.24) is 10.6 Å². The number of amides is 2. The van der Waals surface area contributed by atoms with Crippen LogP contribution < -0.4 is 10.6 Å². The van der Waals surface area contributed by atoms with E-state index < -0.39 is 35.7 Å². The first-order valence-electron chi connectivity index (χ1n) is 6.61. The number of aliphatic hydroxyl groups excluding tert-OH is 1. The lowest BCUT2D eigenvalue weighted by molar-refractivity contribution is -0.136.